The number of methoxy groups -OCH3 is 1. The summed E-state index contributed by atoms with van der Waals surface area (Å²) in [6, 6.07) is 0. The van der Waals surface area contributed by atoms with E-state index in [0.29, 0.717) is 19.5 Å². The van der Waals surface area contributed by atoms with E-state index in [1.807, 2.05) is 4.90 Å². The SMILES string of the molecule is COC(=O)[C@@]1(Cl)CC2=C(CN(C(C)=O)C2)CC12CC2. The first-order valence-corrected chi connectivity index (χ1v) is 7.02. The highest BCUT2D eigenvalue weighted by atomic mass is 35.5. The van der Waals surface area contributed by atoms with Gasteiger partial charge in [-0.15, -0.1) is 11.6 Å². The van der Waals surface area contributed by atoms with Crippen molar-refractivity contribution in [3.8, 4) is 0 Å². The number of hydrogen-bond acceptors (Lipinski definition) is 3. The van der Waals surface area contributed by atoms with Crippen LogP contribution in [0.3, 0.4) is 0 Å². The fourth-order valence-electron chi connectivity index (χ4n) is 3.53. The van der Waals surface area contributed by atoms with Gasteiger partial charge in [-0.25, -0.2) is 0 Å². The molecule has 4 nitrogen and oxygen atoms in total. The summed E-state index contributed by atoms with van der Waals surface area (Å²) < 4.78 is 4.92. The highest BCUT2D eigenvalue weighted by Gasteiger charge is 2.65. The molecule has 1 atom stereocenters. The Hall–Kier alpha value is -1.03. The van der Waals surface area contributed by atoms with Crippen molar-refractivity contribution in [1.82, 2.24) is 4.90 Å². The summed E-state index contributed by atoms with van der Waals surface area (Å²) in [5.74, 6) is -0.239. The lowest BCUT2D eigenvalue weighted by Crippen LogP contribution is -2.46. The lowest BCUT2D eigenvalue weighted by molar-refractivity contribution is -0.146. The molecule has 1 fully saturated rings. The zero-order chi connectivity index (χ0) is 13.8. The molecule has 1 heterocycles. The van der Waals surface area contributed by atoms with Crippen LogP contribution in [0, 0.1) is 5.41 Å². The number of ether oxygens (including phenoxy) is 1. The summed E-state index contributed by atoms with van der Waals surface area (Å²) >= 11 is 6.66. The minimum atomic E-state index is -0.923. The normalized spacial score (nSPS) is 31.4. The van der Waals surface area contributed by atoms with Gasteiger partial charge in [0.05, 0.1) is 7.11 Å². The third-order valence-electron chi connectivity index (χ3n) is 4.92. The molecule has 0 unspecified atom stereocenters. The largest absolute Gasteiger partial charge is 0.468 e. The van der Waals surface area contributed by atoms with E-state index in [1.54, 1.807) is 6.92 Å². The van der Waals surface area contributed by atoms with Crippen molar-refractivity contribution in [3.63, 3.8) is 0 Å². The highest BCUT2D eigenvalue weighted by Crippen LogP contribution is 2.66. The number of nitrogens with zero attached hydrogens (tertiary/aromatic N) is 1. The maximum atomic E-state index is 12.1. The van der Waals surface area contributed by atoms with Crippen LogP contribution < -0.4 is 0 Å². The van der Waals surface area contributed by atoms with Crippen molar-refractivity contribution in [3.05, 3.63) is 11.1 Å². The average Bonchev–Trinajstić information content (AvgIpc) is 3.03. The first-order chi connectivity index (χ1) is 8.92. The monoisotopic (exact) mass is 283 g/mol. The molecule has 0 aromatic heterocycles. The number of halogens is 1. The predicted octanol–water partition coefficient (Wildman–Crippen LogP) is 1.87. The summed E-state index contributed by atoms with van der Waals surface area (Å²) in [6.45, 7) is 2.91. The van der Waals surface area contributed by atoms with Gasteiger partial charge >= 0.3 is 5.97 Å². The molecule has 0 aromatic carbocycles. The molecule has 3 aliphatic rings. The predicted molar refractivity (Wildman–Crippen MR) is 70.8 cm³/mol. The Morgan fingerprint density at radius 3 is 2.26 bits per heavy atom. The van der Waals surface area contributed by atoms with Gasteiger partial charge in [-0.05, 0) is 30.4 Å². The molecule has 3 rings (SSSR count). The van der Waals surface area contributed by atoms with Crippen LogP contribution >= 0.6 is 11.6 Å². The molecular formula is C14H18ClNO3. The van der Waals surface area contributed by atoms with E-state index in [1.165, 1.54) is 12.7 Å². The third kappa shape index (κ3) is 1.72. The smallest absolute Gasteiger partial charge is 0.327 e. The maximum Gasteiger partial charge on any atom is 0.327 e. The molecule has 0 saturated heterocycles. The Morgan fingerprint density at radius 2 is 1.79 bits per heavy atom. The summed E-state index contributed by atoms with van der Waals surface area (Å²) in [7, 11) is 1.39. The topological polar surface area (TPSA) is 46.6 Å². The van der Waals surface area contributed by atoms with Crippen LogP contribution in [0.5, 0.6) is 0 Å². The summed E-state index contributed by atoms with van der Waals surface area (Å²) in [6.07, 6.45) is 3.32. The Bertz CT molecular complexity index is 495. The van der Waals surface area contributed by atoms with Gasteiger partial charge in [-0.3, -0.25) is 9.59 Å². The van der Waals surface area contributed by atoms with Gasteiger partial charge < -0.3 is 9.64 Å². The molecular weight excluding hydrogens is 266 g/mol. The maximum absolute atomic E-state index is 12.1. The number of amides is 1. The van der Waals surface area contributed by atoms with E-state index >= 15 is 0 Å². The first kappa shape index (κ1) is 13.0. The van der Waals surface area contributed by atoms with Gasteiger partial charge in [0.1, 0.15) is 0 Å². The summed E-state index contributed by atoms with van der Waals surface area (Å²) in [5, 5.41) is 0. The molecule has 1 amide bonds. The second-order valence-electron chi connectivity index (χ2n) is 6.01. The van der Waals surface area contributed by atoms with Crippen LogP contribution in [0.4, 0.5) is 0 Å². The summed E-state index contributed by atoms with van der Waals surface area (Å²) in [5.41, 5.74) is 2.34. The van der Waals surface area contributed by atoms with Crippen molar-refractivity contribution in [2.24, 2.45) is 5.41 Å². The Balaban J connectivity index is 1.89. The number of rotatable bonds is 1. The van der Waals surface area contributed by atoms with Crippen LogP contribution in [0.15, 0.2) is 11.1 Å². The molecule has 5 heteroatoms. The molecule has 0 bridgehead atoms. The van der Waals surface area contributed by atoms with Crippen molar-refractivity contribution >= 4 is 23.5 Å². The van der Waals surface area contributed by atoms with Crippen LogP contribution in [0.1, 0.15) is 32.6 Å². The van der Waals surface area contributed by atoms with E-state index in [4.69, 9.17) is 16.3 Å². The minimum absolute atomic E-state index is 0.0810. The second kappa shape index (κ2) is 3.98. The van der Waals surface area contributed by atoms with Crippen molar-refractivity contribution < 1.29 is 14.3 Å². The lowest BCUT2D eigenvalue weighted by Gasteiger charge is -2.38. The number of hydrogen-bond donors (Lipinski definition) is 0. The minimum Gasteiger partial charge on any atom is -0.468 e. The zero-order valence-electron chi connectivity index (χ0n) is 11.3. The average molecular weight is 284 g/mol. The van der Waals surface area contributed by atoms with Gasteiger partial charge in [0.25, 0.3) is 0 Å². The molecule has 1 spiro atoms. The number of carbonyl (C=O) groups is 2. The van der Waals surface area contributed by atoms with Gasteiger partial charge in [0.15, 0.2) is 4.87 Å². The van der Waals surface area contributed by atoms with Gasteiger partial charge in [-0.2, -0.15) is 0 Å². The fourth-order valence-corrected chi connectivity index (χ4v) is 4.02. The van der Waals surface area contributed by atoms with E-state index in [-0.39, 0.29) is 17.3 Å². The third-order valence-corrected chi connectivity index (χ3v) is 5.61. The standard InChI is InChI=1S/C14H18ClNO3/c1-9(17)16-7-10-5-13(3-4-13)14(15,12(18)19-2)6-11(10)8-16/h3-8H2,1-2H3/t14-/m0/s1. The van der Waals surface area contributed by atoms with Gasteiger partial charge in [-0.1, -0.05) is 0 Å². The van der Waals surface area contributed by atoms with Gasteiger partial charge in [0, 0.05) is 31.8 Å². The van der Waals surface area contributed by atoms with E-state index in [0.717, 1.165) is 24.8 Å². The molecule has 1 aliphatic heterocycles. The van der Waals surface area contributed by atoms with Crippen molar-refractivity contribution in [2.45, 2.75) is 37.5 Å². The quantitative estimate of drug-likeness (QED) is 0.419. The number of carbonyl (C=O) groups excluding carboxylic acids is 2. The van der Waals surface area contributed by atoms with Crippen LogP contribution in [-0.4, -0.2) is 41.8 Å². The Morgan fingerprint density at radius 1 is 1.21 bits per heavy atom. The summed E-state index contributed by atoms with van der Waals surface area (Å²) in [4.78, 5) is 24.5. The molecule has 0 radical (unpaired) electrons. The molecule has 104 valence electrons. The Labute approximate surface area is 117 Å². The van der Waals surface area contributed by atoms with Gasteiger partial charge in [0.2, 0.25) is 5.91 Å². The van der Waals surface area contributed by atoms with E-state index in [9.17, 15) is 9.59 Å². The zero-order valence-corrected chi connectivity index (χ0v) is 12.0. The van der Waals surface area contributed by atoms with Crippen molar-refractivity contribution in [1.29, 1.82) is 0 Å². The second-order valence-corrected chi connectivity index (χ2v) is 6.65. The highest BCUT2D eigenvalue weighted by molar-refractivity contribution is 6.35. The molecule has 0 N–H and O–H groups in total. The van der Waals surface area contributed by atoms with E-state index < -0.39 is 4.87 Å². The molecule has 0 aromatic rings. The molecule has 2 aliphatic carbocycles. The Kier molecular flexibility index (Phi) is 2.72. The first-order valence-electron chi connectivity index (χ1n) is 6.64. The van der Waals surface area contributed by atoms with Crippen LogP contribution in [0.2, 0.25) is 0 Å². The molecule has 1 saturated carbocycles. The van der Waals surface area contributed by atoms with Crippen molar-refractivity contribution in [2.75, 3.05) is 20.2 Å². The lowest BCUT2D eigenvalue weighted by atomic mass is 9.73. The fraction of sp³-hybridized carbons (Fsp3) is 0.714. The number of alkyl halides is 1. The molecule has 19 heavy (non-hydrogen) atoms. The van der Waals surface area contributed by atoms with Crippen LogP contribution in [0.25, 0.3) is 0 Å². The number of esters is 1. The van der Waals surface area contributed by atoms with Crippen LogP contribution in [-0.2, 0) is 14.3 Å². The van der Waals surface area contributed by atoms with E-state index in [2.05, 4.69) is 0 Å².